The molecule has 0 aliphatic heterocycles. The van der Waals surface area contributed by atoms with Crippen molar-refractivity contribution in [3.8, 4) is 0 Å². The Balaban J connectivity index is 2.48. The molecule has 1 aliphatic rings. The lowest BCUT2D eigenvalue weighted by Crippen LogP contribution is -2.52. The Bertz CT molecular complexity index is 769. The van der Waals surface area contributed by atoms with E-state index >= 15 is 0 Å². The van der Waals surface area contributed by atoms with Gasteiger partial charge in [-0.15, -0.1) is 0 Å². The number of carbonyl (C=O) groups is 2. The summed E-state index contributed by atoms with van der Waals surface area (Å²) in [5, 5.41) is 0.0688. The largest absolute Gasteiger partial charge is 0.547 e. The van der Waals surface area contributed by atoms with Gasteiger partial charge in [0, 0.05) is 13.0 Å². The van der Waals surface area contributed by atoms with Crippen LogP contribution in [0.4, 0.5) is 4.79 Å². The molecule has 1 aromatic rings. The Morgan fingerprint density at radius 1 is 1.27 bits per heavy atom. The van der Waals surface area contributed by atoms with Crippen LogP contribution in [0.15, 0.2) is 42.2 Å². The van der Waals surface area contributed by atoms with Gasteiger partial charge in [-0.3, -0.25) is 4.90 Å². The van der Waals surface area contributed by atoms with E-state index in [0.29, 0.717) is 25.8 Å². The quantitative estimate of drug-likeness (QED) is 0.397. The van der Waals surface area contributed by atoms with Crippen molar-refractivity contribution in [2.45, 2.75) is 77.7 Å². The molecule has 0 heterocycles. The first-order valence-corrected chi connectivity index (χ1v) is 13.6. The second kappa shape index (κ2) is 9.37. The van der Waals surface area contributed by atoms with Gasteiger partial charge in [-0.2, -0.15) is 0 Å². The van der Waals surface area contributed by atoms with Gasteiger partial charge >= 0.3 is 6.09 Å². The fourth-order valence-electron chi connectivity index (χ4n) is 3.67. The molecule has 0 radical (unpaired) electrons. The van der Waals surface area contributed by atoms with Crippen molar-refractivity contribution in [2.24, 2.45) is 5.41 Å². The maximum Gasteiger partial charge on any atom is 0.410 e. The molecular formula is C24H37NO4Si. The first-order chi connectivity index (χ1) is 14.0. The lowest BCUT2D eigenvalue weighted by atomic mass is 9.71. The van der Waals surface area contributed by atoms with E-state index in [1.54, 1.807) is 4.90 Å². The average Bonchev–Trinajstić information content (AvgIpc) is 2.71. The summed E-state index contributed by atoms with van der Waals surface area (Å²) in [7, 11) is -0.641. The number of methoxy groups -OCH3 is 1. The van der Waals surface area contributed by atoms with Gasteiger partial charge in [0.05, 0.1) is 24.3 Å². The highest BCUT2D eigenvalue weighted by molar-refractivity contribution is 6.74. The molecular weight excluding hydrogens is 394 g/mol. The summed E-state index contributed by atoms with van der Waals surface area (Å²) in [6.07, 6.45) is 4.59. The van der Waals surface area contributed by atoms with Crippen LogP contribution in [0.2, 0.25) is 18.1 Å². The van der Waals surface area contributed by atoms with Crippen molar-refractivity contribution in [1.29, 1.82) is 0 Å². The van der Waals surface area contributed by atoms with Gasteiger partial charge in [0.15, 0.2) is 0 Å². The van der Waals surface area contributed by atoms with Gasteiger partial charge in [-0.25, -0.2) is 4.79 Å². The Hall–Kier alpha value is -2.08. The van der Waals surface area contributed by atoms with Crippen LogP contribution in [0.25, 0.3) is 0 Å². The monoisotopic (exact) mass is 431 g/mol. The summed E-state index contributed by atoms with van der Waals surface area (Å²) < 4.78 is 11.7. The summed E-state index contributed by atoms with van der Waals surface area (Å²) in [6.45, 7) is 13.4. The molecule has 0 N–H and O–H groups in total. The maximum atomic E-state index is 12.8. The average molecular weight is 432 g/mol. The molecule has 2 rings (SSSR count). The molecule has 0 fully saturated rings. The van der Waals surface area contributed by atoms with Crippen LogP contribution in [0, 0.1) is 5.41 Å². The smallest absolute Gasteiger partial charge is 0.410 e. The van der Waals surface area contributed by atoms with Crippen LogP contribution < -0.4 is 0 Å². The van der Waals surface area contributed by atoms with Gasteiger partial charge in [0.2, 0.25) is 8.32 Å². The van der Waals surface area contributed by atoms with Crippen LogP contribution in [0.5, 0.6) is 0 Å². The summed E-state index contributed by atoms with van der Waals surface area (Å²) >= 11 is 0. The predicted molar refractivity (Wildman–Crippen MR) is 123 cm³/mol. The van der Waals surface area contributed by atoms with Crippen molar-refractivity contribution >= 4 is 20.7 Å². The zero-order valence-corrected chi connectivity index (χ0v) is 20.5. The van der Waals surface area contributed by atoms with Gasteiger partial charge < -0.3 is 14.0 Å². The minimum Gasteiger partial charge on any atom is -0.547 e. The van der Waals surface area contributed by atoms with E-state index in [0.717, 1.165) is 17.6 Å². The summed E-state index contributed by atoms with van der Waals surface area (Å²) in [6, 6.07) is 9.37. The molecule has 0 bridgehead atoms. The number of ether oxygens (including phenoxy) is 1. The van der Waals surface area contributed by atoms with Crippen LogP contribution >= 0.6 is 0 Å². The Morgan fingerprint density at radius 2 is 1.90 bits per heavy atom. The molecule has 0 spiro atoms. The molecule has 30 heavy (non-hydrogen) atoms. The Labute approximate surface area is 182 Å². The lowest BCUT2D eigenvalue weighted by molar-refractivity contribution is -0.120. The van der Waals surface area contributed by atoms with Gasteiger partial charge in [0.1, 0.15) is 6.29 Å². The van der Waals surface area contributed by atoms with E-state index in [1.165, 1.54) is 7.11 Å². The van der Waals surface area contributed by atoms with Crippen LogP contribution in [0.1, 0.15) is 52.5 Å². The predicted octanol–water partition coefficient (Wildman–Crippen LogP) is 5.92. The number of rotatable bonds is 7. The Morgan fingerprint density at radius 3 is 2.40 bits per heavy atom. The SMILES string of the molecule is CC[C@@]1(C=O)CCC(O[Si](C)(C)C(C)(C)C)=C[C@@H]1N(Cc1ccccc1)C(=O)OC. The number of allylic oxidation sites excluding steroid dienone is 1. The van der Waals surface area contributed by atoms with Crippen molar-refractivity contribution in [2.75, 3.05) is 7.11 Å². The van der Waals surface area contributed by atoms with E-state index in [4.69, 9.17) is 9.16 Å². The molecule has 0 saturated heterocycles. The summed E-state index contributed by atoms with van der Waals surface area (Å²) in [4.78, 5) is 26.8. The molecule has 166 valence electrons. The third-order valence-electron chi connectivity index (χ3n) is 6.80. The standard InChI is InChI=1S/C24H37NO4Si/c1-8-24(18-26)15-14-20(29-30(6,7)23(2,3)4)16-21(24)25(22(27)28-5)17-19-12-10-9-11-13-19/h9-13,16,18,21H,8,14-15,17H2,1-7H3/t21-,24-/m0/s1. The van der Waals surface area contributed by atoms with Crippen molar-refractivity contribution in [1.82, 2.24) is 4.90 Å². The number of carbonyl (C=O) groups excluding carboxylic acids is 2. The van der Waals surface area contributed by atoms with Crippen molar-refractivity contribution in [3.63, 3.8) is 0 Å². The van der Waals surface area contributed by atoms with Gasteiger partial charge in [-0.05, 0) is 42.6 Å². The minimum atomic E-state index is -2.02. The number of aldehydes is 1. The lowest BCUT2D eigenvalue weighted by Gasteiger charge is -2.45. The highest BCUT2D eigenvalue weighted by Gasteiger charge is 2.46. The number of hydrogen-bond acceptors (Lipinski definition) is 4. The first-order valence-electron chi connectivity index (χ1n) is 10.7. The highest BCUT2D eigenvalue weighted by Crippen LogP contribution is 2.44. The zero-order chi connectivity index (χ0) is 22.6. The minimum absolute atomic E-state index is 0.0688. The molecule has 0 unspecified atom stereocenters. The van der Waals surface area contributed by atoms with E-state index < -0.39 is 25.9 Å². The summed E-state index contributed by atoms with van der Waals surface area (Å²) in [5.41, 5.74) is 0.341. The third kappa shape index (κ3) is 5.15. The van der Waals surface area contributed by atoms with E-state index in [1.807, 2.05) is 43.3 Å². The van der Waals surface area contributed by atoms with Crippen LogP contribution in [0.3, 0.4) is 0 Å². The van der Waals surface area contributed by atoms with Gasteiger partial charge in [0.25, 0.3) is 0 Å². The second-order valence-corrected chi connectivity index (χ2v) is 14.5. The molecule has 6 heteroatoms. The fraction of sp³-hybridized carbons (Fsp3) is 0.583. The number of benzene rings is 1. The second-order valence-electron chi connectivity index (χ2n) is 9.73. The topological polar surface area (TPSA) is 55.8 Å². The highest BCUT2D eigenvalue weighted by atomic mass is 28.4. The van der Waals surface area contributed by atoms with Crippen LogP contribution in [-0.2, 0) is 20.5 Å². The maximum absolute atomic E-state index is 12.8. The van der Waals surface area contributed by atoms with Crippen molar-refractivity contribution < 1.29 is 18.8 Å². The first kappa shape index (κ1) is 24.2. The molecule has 0 aromatic heterocycles. The van der Waals surface area contributed by atoms with Gasteiger partial charge in [-0.1, -0.05) is 58.0 Å². The zero-order valence-electron chi connectivity index (χ0n) is 19.5. The third-order valence-corrected chi connectivity index (χ3v) is 11.2. The number of nitrogens with zero attached hydrogens (tertiary/aromatic N) is 1. The molecule has 0 saturated carbocycles. The number of hydrogen-bond donors (Lipinski definition) is 0. The fourth-order valence-corrected chi connectivity index (χ4v) is 4.80. The molecule has 1 aromatic carbocycles. The molecule has 1 amide bonds. The normalized spacial score (nSPS) is 22.1. The van der Waals surface area contributed by atoms with Crippen LogP contribution in [-0.4, -0.2) is 38.7 Å². The molecule has 5 nitrogen and oxygen atoms in total. The van der Waals surface area contributed by atoms with E-state index in [2.05, 4.69) is 33.9 Å². The Kier molecular flexibility index (Phi) is 7.56. The van der Waals surface area contributed by atoms with E-state index in [9.17, 15) is 9.59 Å². The van der Waals surface area contributed by atoms with Crippen molar-refractivity contribution in [3.05, 3.63) is 47.7 Å². The summed E-state index contributed by atoms with van der Waals surface area (Å²) in [5.74, 6) is 0.888. The number of amides is 1. The molecule has 1 aliphatic carbocycles. The van der Waals surface area contributed by atoms with E-state index in [-0.39, 0.29) is 5.04 Å². The molecule has 2 atom stereocenters.